The number of furan rings is 1. The molecule has 1 saturated heterocycles. The molecule has 33 heavy (non-hydrogen) atoms. The van der Waals surface area contributed by atoms with Gasteiger partial charge in [-0.2, -0.15) is 0 Å². The van der Waals surface area contributed by atoms with E-state index in [9.17, 15) is 10.2 Å². The third-order valence-electron chi connectivity index (χ3n) is 7.45. The zero-order chi connectivity index (χ0) is 23.4. The van der Waals surface area contributed by atoms with E-state index in [0.29, 0.717) is 50.0 Å². The van der Waals surface area contributed by atoms with E-state index in [2.05, 4.69) is 25.7 Å². The van der Waals surface area contributed by atoms with Crippen molar-refractivity contribution >= 4 is 17.3 Å². The van der Waals surface area contributed by atoms with Crippen LogP contribution in [-0.2, 0) is 9.47 Å². The van der Waals surface area contributed by atoms with E-state index in [-0.39, 0.29) is 17.6 Å². The summed E-state index contributed by atoms with van der Waals surface area (Å²) in [6, 6.07) is 1.57. The highest BCUT2D eigenvalue weighted by atomic mass is 16.5. The second kappa shape index (κ2) is 8.18. The molecule has 178 valence electrons. The Morgan fingerprint density at radius 3 is 2.73 bits per heavy atom. The van der Waals surface area contributed by atoms with Gasteiger partial charge < -0.3 is 24.2 Å². The summed E-state index contributed by atoms with van der Waals surface area (Å²) in [6.45, 7) is 9.02. The molecule has 1 aromatic rings. The Kier molecular flexibility index (Phi) is 5.58. The van der Waals surface area contributed by atoms with Gasteiger partial charge >= 0.3 is 0 Å². The fourth-order valence-corrected chi connectivity index (χ4v) is 5.38. The lowest BCUT2D eigenvalue weighted by atomic mass is 9.79. The lowest BCUT2D eigenvalue weighted by Crippen LogP contribution is -2.65. The summed E-state index contributed by atoms with van der Waals surface area (Å²) < 4.78 is 16.7. The van der Waals surface area contributed by atoms with E-state index in [1.165, 1.54) is 12.5 Å². The summed E-state index contributed by atoms with van der Waals surface area (Å²) >= 11 is 0. The predicted octanol–water partition coefficient (Wildman–Crippen LogP) is 3.15. The van der Waals surface area contributed by atoms with Crippen molar-refractivity contribution in [3.63, 3.8) is 0 Å². The maximum Gasteiger partial charge on any atom is 0.257 e. The van der Waals surface area contributed by atoms with Gasteiger partial charge in [0.25, 0.3) is 5.91 Å². The highest BCUT2D eigenvalue weighted by molar-refractivity contribution is 6.18. The molecule has 4 heterocycles. The topological polar surface area (TPSA) is 91.4 Å². The predicted molar refractivity (Wildman–Crippen MR) is 125 cm³/mol. The average molecular weight is 455 g/mol. The van der Waals surface area contributed by atoms with Gasteiger partial charge in [-0.25, -0.2) is 0 Å². The standard InChI is InChI=1S/C25H34N4O4/c1-24(2)11-19-20(15-33-24)21(16-5-6-16)27-25(3,22(19)26)28-8-9-29(18(12-28)14-31-4)23(30)17-7-10-32-13-17/h7,10,13,16,18,26H,5-6,8-9,11-12,14-15H2,1-4H3. The van der Waals surface area contributed by atoms with Crippen LogP contribution in [0.1, 0.15) is 50.4 Å². The van der Waals surface area contributed by atoms with Crippen molar-refractivity contribution in [2.75, 3.05) is 40.0 Å². The zero-order valence-corrected chi connectivity index (χ0v) is 20.0. The molecular weight excluding hydrogens is 420 g/mol. The third-order valence-corrected chi connectivity index (χ3v) is 7.45. The highest BCUT2D eigenvalue weighted by Gasteiger charge is 2.49. The monoisotopic (exact) mass is 454 g/mol. The number of nitrogens with zero attached hydrogens (tertiary/aromatic N) is 3. The number of nitrogens with one attached hydrogen (secondary N) is 1. The second-order valence-electron chi connectivity index (χ2n) is 10.4. The molecule has 2 fully saturated rings. The van der Waals surface area contributed by atoms with Crippen LogP contribution in [0.25, 0.3) is 0 Å². The number of carbonyl (C=O) groups is 1. The number of methoxy groups -OCH3 is 1. The Balaban J connectivity index is 1.44. The molecule has 2 unspecified atom stereocenters. The summed E-state index contributed by atoms with van der Waals surface area (Å²) in [5.74, 6) is 0.429. The van der Waals surface area contributed by atoms with Gasteiger partial charge in [-0.15, -0.1) is 0 Å². The van der Waals surface area contributed by atoms with Gasteiger partial charge in [-0.05, 0) is 45.3 Å². The Labute approximate surface area is 195 Å². The van der Waals surface area contributed by atoms with E-state index < -0.39 is 5.66 Å². The molecule has 1 aliphatic carbocycles. The number of aliphatic imine (C=N–C) groups is 1. The molecule has 8 nitrogen and oxygen atoms in total. The first-order chi connectivity index (χ1) is 15.7. The largest absolute Gasteiger partial charge is 0.472 e. The Morgan fingerprint density at radius 2 is 2.06 bits per heavy atom. The average Bonchev–Trinajstić information content (AvgIpc) is 3.49. The van der Waals surface area contributed by atoms with Gasteiger partial charge in [0.2, 0.25) is 0 Å². The van der Waals surface area contributed by atoms with E-state index in [4.69, 9.17) is 18.9 Å². The normalized spacial score (nSPS) is 30.3. The van der Waals surface area contributed by atoms with Crippen LogP contribution in [-0.4, -0.2) is 84.4 Å². The van der Waals surface area contributed by atoms with Crippen molar-refractivity contribution in [1.29, 1.82) is 5.41 Å². The van der Waals surface area contributed by atoms with Crippen LogP contribution in [0.5, 0.6) is 0 Å². The summed E-state index contributed by atoms with van der Waals surface area (Å²) in [6.07, 6.45) is 6.05. The van der Waals surface area contributed by atoms with E-state index >= 15 is 0 Å². The van der Waals surface area contributed by atoms with Crippen LogP contribution in [0.4, 0.5) is 0 Å². The number of rotatable bonds is 5. The summed E-state index contributed by atoms with van der Waals surface area (Å²) in [5, 5.41) is 9.26. The second-order valence-corrected chi connectivity index (χ2v) is 10.4. The Morgan fingerprint density at radius 1 is 1.27 bits per heavy atom. The maximum absolute atomic E-state index is 13.1. The van der Waals surface area contributed by atoms with Crippen LogP contribution in [0.3, 0.4) is 0 Å². The minimum absolute atomic E-state index is 0.0485. The number of dihydropyridines is 1. The summed E-state index contributed by atoms with van der Waals surface area (Å²) in [7, 11) is 1.66. The molecule has 0 bridgehead atoms. The van der Waals surface area contributed by atoms with Crippen LogP contribution < -0.4 is 0 Å². The van der Waals surface area contributed by atoms with Gasteiger partial charge in [0.05, 0.1) is 42.4 Å². The molecule has 5 rings (SSSR count). The molecule has 1 amide bonds. The maximum atomic E-state index is 13.1. The lowest BCUT2D eigenvalue weighted by Gasteiger charge is -2.50. The van der Waals surface area contributed by atoms with Crippen molar-refractivity contribution in [3.05, 3.63) is 35.3 Å². The van der Waals surface area contributed by atoms with Gasteiger partial charge in [0, 0.05) is 50.4 Å². The smallest absolute Gasteiger partial charge is 0.257 e. The number of ether oxygens (including phenoxy) is 2. The Bertz CT molecular complexity index is 1010. The van der Waals surface area contributed by atoms with Gasteiger partial charge in [0.15, 0.2) is 5.66 Å². The van der Waals surface area contributed by atoms with Crippen LogP contribution in [0.15, 0.2) is 39.1 Å². The number of carbonyl (C=O) groups excluding carboxylic acids is 1. The summed E-state index contributed by atoms with van der Waals surface area (Å²) in [4.78, 5) is 22.5. The van der Waals surface area contributed by atoms with E-state index in [1.54, 1.807) is 13.2 Å². The van der Waals surface area contributed by atoms with Crippen molar-refractivity contribution in [1.82, 2.24) is 9.80 Å². The third kappa shape index (κ3) is 3.98. The molecule has 3 aliphatic heterocycles. The van der Waals surface area contributed by atoms with Gasteiger partial charge in [-0.1, -0.05) is 0 Å². The fraction of sp³-hybridized carbons (Fsp3) is 0.640. The molecule has 0 aromatic carbocycles. The first-order valence-corrected chi connectivity index (χ1v) is 11.9. The molecule has 8 heteroatoms. The van der Waals surface area contributed by atoms with E-state index in [1.807, 2.05) is 4.90 Å². The number of hydrogen-bond donors (Lipinski definition) is 1. The lowest BCUT2D eigenvalue weighted by molar-refractivity contribution is -0.0132. The highest BCUT2D eigenvalue weighted by Crippen LogP contribution is 2.44. The minimum Gasteiger partial charge on any atom is -0.472 e. The van der Waals surface area contributed by atoms with Crippen molar-refractivity contribution in [2.24, 2.45) is 10.9 Å². The number of amides is 1. The van der Waals surface area contributed by atoms with Crippen LogP contribution in [0, 0.1) is 11.3 Å². The zero-order valence-electron chi connectivity index (χ0n) is 20.0. The van der Waals surface area contributed by atoms with Gasteiger partial charge in [0.1, 0.15) is 6.26 Å². The molecule has 1 saturated carbocycles. The van der Waals surface area contributed by atoms with Crippen LogP contribution in [0.2, 0.25) is 0 Å². The van der Waals surface area contributed by atoms with Crippen molar-refractivity contribution < 1.29 is 18.7 Å². The van der Waals surface area contributed by atoms with Crippen molar-refractivity contribution in [3.8, 4) is 0 Å². The molecule has 1 N–H and O–H groups in total. The Hall–Kier alpha value is -2.29. The number of piperazine rings is 1. The molecule has 2 atom stereocenters. The molecule has 1 aromatic heterocycles. The quantitative estimate of drug-likeness (QED) is 0.738. The first kappa shape index (κ1) is 22.5. The van der Waals surface area contributed by atoms with Crippen molar-refractivity contribution in [2.45, 2.75) is 57.3 Å². The number of hydrogen-bond acceptors (Lipinski definition) is 7. The summed E-state index contributed by atoms with van der Waals surface area (Å²) in [5.41, 5.74) is 3.47. The van der Waals surface area contributed by atoms with Crippen LogP contribution >= 0.6 is 0 Å². The van der Waals surface area contributed by atoms with E-state index in [0.717, 1.165) is 36.1 Å². The van der Waals surface area contributed by atoms with Gasteiger partial charge in [-0.3, -0.25) is 14.7 Å². The molecule has 0 spiro atoms. The minimum atomic E-state index is -0.749. The molecule has 4 aliphatic rings. The fourth-order valence-electron chi connectivity index (χ4n) is 5.38. The SMILES string of the molecule is COCC1CN(C2(C)N=C(C3CC3)C3=C(CC(C)(C)OC3)C2=N)CCN1C(=O)c1ccoc1. The molecule has 0 radical (unpaired) electrons. The first-order valence-electron chi connectivity index (χ1n) is 11.9. The molecular formula is C25H34N4O4.